The van der Waals surface area contributed by atoms with E-state index in [-0.39, 0.29) is 5.92 Å². The first-order chi connectivity index (χ1) is 7.74. The van der Waals surface area contributed by atoms with Crippen molar-refractivity contribution in [3.8, 4) is 5.75 Å². The van der Waals surface area contributed by atoms with E-state index < -0.39 is 0 Å². The van der Waals surface area contributed by atoms with E-state index in [2.05, 4.69) is 0 Å². The van der Waals surface area contributed by atoms with Crippen molar-refractivity contribution < 1.29 is 13.9 Å². The molecule has 1 heterocycles. The first-order valence-electron chi connectivity index (χ1n) is 5.25. The molecule has 16 heavy (non-hydrogen) atoms. The number of methoxy groups -OCH3 is 1. The number of aldehydes is 1. The van der Waals surface area contributed by atoms with Gasteiger partial charge < -0.3 is 13.9 Å². The third-order valence-corrected chi connectivity index (χ3v) is 2.68. The van der Waals surface area contributed by atoms with Gasteiger partial charge in [-0.25, -0.2) is 0 Å². The average Bonchev–Trinajstić information content (AvgIpc) is 2.71. The fraction of sp³-hybridized carbons (Fsp3) is 0.308. The van der Waals surface area contributed by atoms with Crippen LogP contribution in [0.2, 0.25) is 0 Å². The van der Waals surface area contributed by atoms with Crippen LogP contribution in [0.5, 0.6) is 5.75 Å². The number of hydrogen-bond donors (Lipinski definition) is 0. The SMILES string of the molecule is COc1ccc2oc([C@H](C)CC=O)cc2c1. The molecular formula is C13H14O3. The van der Waals surface area contributed by atoms with E-state index in [1.165, 1.54) is 0 Å². The van der Waals surface area contributed by atoms with Crippen molar-refractivity contribution in [2.24, 2.45) is 0 Å². The number of furan rings is 1. The van der Waals surface area contributed by atoms with Crippen molar-refractivity contribution in [1.29, 1.82) is 0 Å². The van der Waals surface area contributed by atoms with Crippen LogP contribution in [0.25, 0.3) is 11.0 Å². The second-order valence-electron chi connectivity index (χ2n) is 3.86. The molecule has 0 fully saturated rings. The highest BCUT2D eigenvalue weighted by Gasteiger charge is 2.11. The Labute approximate surface area is 94.0 Å². The summed E-state index contributed by atoms with van der Waals surface area (Å²) in [4.78, 5) is 10.4. The van der Waals surface area contributed by atoms with E-state index in [1.807, 2.05) is 31.2 Å². The fourth-order valence-electron chi connectivity index (χ4n) is 1.67. The van der Waals surface area contributed by atoms with Gasteiger partial charge in [0.1, 0.15) is 23.4 Å². The van der Waals surface area contributed by atoms with Gasteiger partial charge >= 0.3 is 0 Å². The Balaban J connectivity index is 2.39. The van der Waals surface area contributed by atoms with E-state index >= 15 is 0 Å². The van der Waals surface area contributed by atoms with Crippen LogP contribution in [0.1, 0.15) is 25.0 Å². The molecule has 1 atom stereocenters. The molecule has 0 aliphatic heterocycles. The van der Waals surface area contributed by atoms with E-state index in [9.17, 15) is 4.79 Å². The topological polar surface area (TPSA) is 39.4 Å². The number of carbonyl (C=O) groups excluding carboxylic acids is 1. The maximum Gasteiger partial charge on any atom is 0.134 e. The maximum atomic E-state index is 10.4. The summed E-state index contributed by atoms with van der Waals surface area (Å²) in [5.74, 6) is 1.77. The fourth-order valence-corrected chi connectivity index (χ4v) is 1.67. The molecule has 0 saturated carbocycles. The predicted molar refractivity (Wildman–Crippen MR) is 61.9 cm³/mol. The maximum absolute atomic E-state index is 10.4. The van der Waals surface area contributed by atoms with Gasteiger partial charge in [-0.1, -0.05) is 6.92 Å². The number of ether oxygens (including phenoxy) is 1. The van der Waals surface area contributed by atoms with Crippen LogP contribution in [0.3, 0.4) is 0 Å². The van der Waals surface area contributed by atoms with Gasteiger partial charge in [0.15, 0.2) is 0 Å². The molecule has 0 bridgehead atoms. The smallest absolute Gasteiger partial charge is 0.134 e. The molecule has 0 amide bonds. The molecule has 0 N–H and O–H groups in total. The Hall–Kier alpha value is -1.77. The minimum Gasteiger partial charge on any atom is -0.497 e. The third kappa shape index (κ3) is 1.94. The minimum atomic E-state index is 0.121. The standard InChI is InChI=1S/C13H14O3/c1-9(5-6-14)13-8-10-7-11(15-2)3-4-12(10)16-13/h3-4,6-9H,5H2,1-2H3/t9-/m1/s1. The molecule has 0 aliphatic carbocycles. The van der Waals surface area contributed by atoms with Crippen molar-refractivity contribution in [3.05, 3.63) is 30.0 Å². The van der Waals surface area contributed by atoms with Gasteiger partial charge in [0.05, 0.1) is 7.11 Å². The van der Waals surface area contributed by atoms with Crippen molar-refractivity contribution in [2.45, 2.75) is 19.3 Å². The van der Waals surface area contributed by atoms with Gasteiger partial charge in [-0.3, -0.25) is 0 Å². The number of hydrogen-bond acceptors (Lipinski definition) is 3. The lowest BCUT2D eigenvalue weighted by Crippen LogP contribution is -1.90. The molecule has 1 aromatic carbocycles. The summed E-state index contributed by atoms with van der Waals surface area (Å²) >= 11 is 0. The van der Waals surface area contributed by atoms with Gasteiger partial charge in [-0.15, -0.1) is 0 Å². The van der Waals surface area contributed by atoms with Gasteiger partial charge in [0.2, 0.25) is 0 Å². The largest absolute Gasteiger partial charge is 0.497 e. The second kappa shape index (κ2) is 4.39. The van der Waals surface area contributed by atoms with Crippen LogP contribution >= 0.6 is 0 Å². The van der Waals surface area contributed by atoms with Gasteiger partial charge in [-0.2, -0.15) is 0 Å². The molecule has 0 saturated heterocycles. The molecule has 1 aromatic heterocycles. The summed E-state index contributed by atoms with van der Waals surface area (Å²) in [6.07, 6.45) is 1.40. The summed E-state index contributed by atoms with van der Waals surface area (Å²) in [7, 11) is 1.64. The summed E-state index contributed by atoms with van der Waals surface area (Å²) in [6, 6.07) is 7.63. The summed E-state index contributed by atoms with van der Waals surface area (Å²) in [5, 5.41) is 1.01. The van der Waals surface area contributed by atoms with E-state index in [1.54, 1.807) is 7.11 Å². The molecule has 0 unspecified atom stereocenters. The van der Waals surface area contributed by atoms with Crippen LogP contribution < -0.4 is 4.74 Å². The lowest BCUT2D eigenvalue weighted by atomic mass is 10.1. The predicted octanol–water partition coefficient (Wildman–Crippen LogP) is 3.13. The molecule has 84 valence electrons. The normalized spacial score (nSPS) is 12.6. The number of fused-ring (bicyclic) bond motifs is 1. The molecule has 0 spiro atoms. The minimum absolute atomic E-state index is 0.121. The summed E-state index contributed by atoms with van der Waals surface area (Å²) in [6.45, 7) is 1.98. The first kappa shape index (κ1) is 10.7. The van der Waals surface area contributed by atoms with E-state index in [0.717, 1.165) is 28.8 Å². The highest BCUT2D eigenvalue weighted by atomic mass is 16.5. The lowest BCUT2D eigenvalue weighted by Gasteiger charge is -2.00. The number of benzene rings is 1. The lowest BCUT2D eigenvalue weighted by molar-refractivity contribution is -0.108. The zero-order chi connectivity index (χ0) is 11.5. The van der Waals surface area contributed by atoms with Gasteiger partial charge in [0, 0.05) is 17.7 Å². The van der Waals surface area contributed by atoms with Crippen molar-refractivity contribution in [1.82, 2.24) is 0 Å². The van der Waals surface area contributed by atoms with Crippen molar-refractivity contribution in [3.63, 3.8) is 0 Å². The molecule has 0 radical (unpaired) electrons. The molecule has 2 rings (SSSR count). The Morgan fingerprint density at radius 2 is 2.25 bits per heavy atom. The van der Waals surface area contributed by atoms with E-state index in [0.29, 0.717) is 6.42 Å². The van der Waals surface area contributed by atoms with Crippen LogP contribution in [-0.2, 0) is 4.79 Å². The average molecular weight is 218 g/mol. The number of rotatable bonds is 4. The molecule has 3 nitrogen and oxygen atoms in total. The third-order valence-electron chi connectivity index (χ3n) is 2.68. The van der Waals surface area contributed by atoms with Crippen molar-refractivity contribution >= 4 is 17.3 Å². The molecule has 3 heteroatoms. The molecular weight excluding hydrogens is 204 g/mol. The summed E-state index contributed by atoms with van der Waals surface area (Å²) in [5.41, 5.74) is 0.827. The summed E-state index contributed by atoms with van der Waals surface area (Å²) < 4.78 is 10.8. The Bertz CT molecular complexity index is 499. The number of carbonyl (C=O) groups is 1. The monoisotopic (exact) mass is 218 g/mol. The van der Waals surface area contributed by atoms with Gasteiger partial charge in [0.25, 0.3) is 0 Å². The van der Waals surface area contributed by atoms with Crippen LogP contribution in [0.15, 0.2) is 28.7 Å². The van der Waals surface area contributed by atoms with Crippen LogP contribution in [-0.4, -0.2) is 13.4 Å². The zero-order valence-electron chi connectivity index (χ0n) is 9.40. The van der Waals surface area contributed by atoms with Crippen molar-refractivity contribution in [2.75, 3.05) is 7.11 Å². The van der Waals surface area contributed by atoms with Gasteiger partial charge in [-0.05, 0) is 24.3 Å². The quantitative estimate of drug-likeness (QED) is 0.740. The molecule has 0 aliphatic rings. The highest BCUT2D eigenvalue weighted by Crippen LogP contribution is 2.28. The second-order valence-corrected chi connectivity index (χ2v) is 3.86. The van der Waals surface area contributed by atoms with Crippen LogP contribution in [0, 0.1) is 0 Å². The first-order valence-corrected chi connectivity index (χ1v) is 5.25. The molecule has 2 aromatic rings. The Morgan fingerprint density at radius 3 is 2.94 bits per heavy atom. The van der Waals surface area contributed by atoms with Crippen LogP contribution in [0.4, 0.5) is 0 Å². The zero-order valence-corrected chi connectivity index (χ0v) is 9.40. The Morgan fingerprint density at radius 1 is 1.44 bits per heavy atom. The van der Waals surface area contributed by atoms with E-state index in [4.69, 9.17) is 9.15 Å². The Kier molecular flexibility index (Phi) is 2.95. The highest BCUT2D eigenvalue weighted by molar-refractivity contribution is 5.79.